The van der Waals surface area contributed by atoms with E-state index >= 15 is 0 Å². The Morgan fingerprint density at radius 1 is 1.26 bits per heavy atom. The predicted molar refractivity (Wildman–Crippen MR) is 62.7 cm³/mol. The molecule has 7 heteroatoms. The van der Waals surface area contributed by atoms with Gasteiger partial charge < -0.3 is 15.7 Å². The second-order valence-electron chi connectivity index (χ2n) is 4.44. The molecule has 0 bridgehead atoms. The molecule has 0 heterocycles. The third kappa shape index (κ3) is 2.64. The smallest absolute Gasteiger partial charge is 0.329 e. The fraction of sp³-hybridized carbons (Fsp3) is 0.333. The number of carbonyl (C=O) groups excluding carboxylic acids is 1. The number of hydrogen-bond donors (Lipinski definition) is 3. The Kier molecular flexibility index (Phi) is 3.37. The van der Waals surface area contributed by atoms with Crippen molar-refractivity contribution in [3.05, 3.63) is 29.8 Å². The molecule has 2 amide bonds. The second kappa shape index (κ2) is 4.83. The normalized spacial score (nSPS) is 16.3. The van der Waals surface area contributed by atoms with Crippen LogP contribution in [0.4, 0.5) is 19.3 Å². The molecule has 0 aliphatic heterocycles. The number of carboxylic acid groups (broad SMARTS) is 1. The van der Waals surface area contributed by atoms with Crippen molar-refractivity contribution in [2.24, 2.45) is 0 Å². The number of rotatable bonds is 3. The van der Waals surface area contributed by atoms with Gasteiger partial charge in [-0.1, -0.05) is 0 Å². The van der Waals surface area contributed by atoms with Crippen molar-refractivity contribution >= 4 is 17.7 Å². The van der Waals surface area contributed by atoms with Gasteiger partial charge in [-0.15, -0.1) is 0 Å². The topological polar surface area (TPSA) is 78.4 Å². The summed E-state index contributed by atoms with van der Waals surface area (Å²) in [6.07, 6.45) is 1.38. The van der Waals surface area contributed by atoms with Gasteiger partial charge in [0.15, 0.2) is 0 Å². The third-order valence-electron chi connectivity index (χ3n) is 3.15. The molecule has 3 N–H and O–H groups in total. The SMILES string of the molecule is O=C(Nc1ccc(F)cc1F)NC1(C(=O)O)CCC1. The number of amides is 2. The van der Waals surface area contributed by atoms with E-state index in [2.05, 4.69) is 10.6 Å². The number of benzene rings is 1. The first kappa shape index (κ1) is 13.3. The fourth-order valence-electron chi connectivity index (χ4n) is 1.88. The maximum absolute atomic E-state index is 13.3. The summed E-state index contributed by atoms with van der Waals surface area (Å²) >= 11 is 0. The average Bonchev–Trinajstić information content (AvgIpc) is 2.27. The van der Waals surface area contributed by atoms with Crippen LogP contribution in [0.15, 0.2) is 18.2 Å². The fourth-order valence-corrected chi connectivity index (χ4v) is 1.88. The highest BCUT2D eigenvalue weighted by molar-refractivity contribution is 5.94. The zero-order valence-corrected chi connectivity index (χ0v) is 9.87. The van der Waals surface area contributed by atoms with E-state index in [0.29, 0.717) is 25.3 Å². The molecule has 0 aromatic heterocycles. The summed E-state index contributed by atoms with van der Waals surface area (Å²) in [6, 6.07) is 1.87. The number of halogens is 2. The van der Waals surface area contributed by atoms with Crippen LogP contribution in [0.25, 0.3) is 0 Å². The van der Waals surface area contributed by atoms with E-state index in [9.17, 15) is 18.4 Å². The monoisotopic (exact) mass is 270 g/mol. The molecule has 0 spiro atoms. The number of hydrogen-bond acceptors (Lipinski definition) is 2. The molecule has 2 rings (SSSR count). The Balaban J connectivity index is 2.03. The van der Waals surface area contributed by atoms with Gasteiger partial charge in [0, 0.05) is 6.07 Å². The molecule has 1 fully saturated rings. The van der Waals surface area contributed by atoms with Crippen molar-refractivity contribution in [1.82, 2.24) is 5.32 Å². The van der Waals surface area contributed by atoms with Crippen LogP contribution in [0.5, 0.6) is 0 Å². The Morgan fingerprint density at radius 2 is 1.95 bits per heavy atom. The van der Waals surface area contributed by atoms with E-state index < -0.39 is 29.2 Å². The highest BCUT2D eigenvalue weighted by Crippen LogP contribution is 2.32. The lowest BCUT2D eigenvalue weighted by atomic mass is 9.77. The standard InChI is InChI=1S/C12H12F2N2O3/c13-7-2-3-9(8(14)6-7)15-11(19)16-12(10(17)18)4-1-5-12/h2-3,6H,1,4-5H2,(H,17,18)(H2,15,16,19). The maximum atomic E-state index is 13.3. The summed E-state index contributed by atoms with van der Waals surface area (Å²) < 4.78 is 26.0. The van der Waals surface area contributed by atoms with Crippen LogP contribution in [0, 0.1) is 11.6 Å². The van der Waals surface area contributed by atoms with Gasteiger partial charge in [-0.3, -0.25) is 0 Å². The number of anilines is 1. The molecule has 102 valence electrons. The lowest BCUT2D eigenvalue weighted by Gasteiger charge is -2.38. The van der Waals surface area contributed by atoms with Crippen molar-refractivity contribution in [3.8, 4) is 0 Å². The summed E-state index contributed by atoms with van der Waals surface area (Å²) in [7, 11) is 0. The van der Waals surface area contributed by atoms with E-state index in [4.69, 9.17) is 5.11 Å². The summed E-state index contributed by atoms with van der Waals surface area (Å²) in [4.78, 5) is 22.7. The summed E-state index contributed by atoms with van der Waals surface area (Å²) in [5, 5.41) is 13.5. The molecule has 0 unspecified atom stereocenters. The minimum atomic E-state index is -1.28. The molecule has 1 saturated carbocycles. The van der Waals surface area contributed by atoms with Crippen molar-refractivity contribution in [2.75, 3.05) is 5.32 Å². The molecule has 1 aliphatic carbocycles. The first-order chi connectivity index (χ1) is 8.93. The number of aliphatic carboxylic acids is 1. The minimum absolute atomic E-state index is 0.209. The quantitative estimate of drug-likeness (QED) is 0.787. The molecule has 1 aromatic rings. The largest absolute Gasteiger partial charge is 0.480 e. The Bertz CT molecular complexity index is 530. The van der Waals surface area contributed by atoms with Gasteiger partial charge in [0.2, 0.25) is 0 Å². The molecule has 0 saturated heterocycles. The highest BCUT2D eigenvalue weighted by atomic mass is 19.1. The van der Waals surface area contributed by atoms with Crippen LogP contribution in [0.3, 0.4) is 0 Å². The van der Waals surface area contributed by atoms with Gasteiger partial charge in [0.05, 0.1) is 5.69 Å². The zero-order chi connectivity index (χ0) is 14.0. The molecule has 1 aliphatic rings. The number of carboxylic acids is 1. The van der Waals surface area contributed by atoms with Gasteiger partial charge in [0.25, 0.3) is 0 Å². The van der Waals surface area contributed by atoms with Crippen molar-refractivity contribution in [2.45, 2.75) is 24.8 Å². The molecular formula is C12H12F2N2O3. The maximum Gasteiger partial charge on any atom is 0.329 e. The van der Waals surface area contributed by atoms with Crippen LogP contribution in [-0.2, 0) is 4.79 Å². The Hall–Kier alpha value is -2.18. The average molecular weight is 270 g/mol. The third-order valence-corrected chi connectivity index (χ3v) is 3.15. The van der Waals surface area contributed by atoms with Gasteiger partial charge in [-0.05, 0) is 31.4 Å². The van der Waals surface area contributed by atoms with E-state index in [-0.39, 0.29) is 5.69 Å². The van der Waals surface area contributed by atoms with Gasteiger partial charge >= 0.3 is 12.0 Å². The molecule has 5 nitrogen and oxygen atoms in total. The number of nitrogens with one attached hydrogen (secondary N) is 2. The predicted octanol–water partition coefficient (Wildman–Crippen LogP) is 2.09. The molecule has 0 radical (unpaired) electrons. The molecule has 0 atom stereocenters. The van der Waals surface area contributed by atoms with E-state index in [0.717, 1.165) is 12.1 Å². The van der Waals surface area contributed by atoms with Crippen LogP contribution >= 0.6 is 0 Å². The van der Waals surface area contributed by atoms with Crippen LogP contribution < -0.4 is 10.6 Å². The summed E-state index contributed by atoms with van der Waals surface area (Å²) in [5.41, 5.74) is -1.49. The first-order valence-electron chi connectivity index (χ1n) is 5.70. The van der Waals surface area contributed by atoms with E-state index in [1.807, 2.05) is 0 Å². The van der Waals surface area contributed by atoms with Crippen LogP contribution in [0.2, 0.25) is 0 Å². The summed E-state index contributed by atoms with van der Waals surface area (Å²) in [5.74, 6) is -2.80. The van der Waals surface area contributed by atoms with Crippen molar-refractivity contribution in [3.63, 3.8) is 0 Å². The van der Waals surface area contributed by atoms with Crippen molar-refractivity contribution < 1.29 is 23.5 Å². The van der Waals surface area contributed by atoms with Gasteiger partial charge in [-0.25, -0.2) is 18.4 Å². The minimum Gasteiger partial charge on any atom is -0.480 e. The van der Waals surface area contributed by atoms with Gasteiger partial charge in [-0.2, -0.15) is 0 Å². The molecule has 1 aromatic carbocycles. The van der Waals surface area contributed by atoms with Gasteiger partial charge in [0.1, 0.15) is 17.2 Å². The highest BCUT2D eigenvalue weighted by Gasteiger charge is 2.45. The van der Waals surface area contributed by atoms with Crippen LogP contribution in [0.1, 0.15) is 19.3 Å². The molecular weight excluding hydrogens is 258 g/mol. The van der Waals surface area contributed by atoms with Crippen LogP contribution in [-0.4, -0.2) is 22.6 Å². The Labute approximate surface area is 107 Å². The van der Waals surface area contributed by atoms with E-state index in [1.54, 1.807) is 0 Å². The zero-order valence-electron chi connectivity index (χ0n) is 9.87. The van der Waals surface area contributed by atoms with Crippen molar-refractivity contribution in [1.29, 1.82) is 0 Å². The second-order valence-corrected chi connectivity index (χ2v) is 4.44. The Morgan fingerprint density at radius 3 is 2.42 bits per heavy atom. The number of carbonyl (C=O) groups is 2. The lowest BCUT2D eigenvalue weighted by molar-refractivity contribution is -0.148. The first-order valence-corrected chi connectivity index (χ1v) is 5.70. The number of urea groups is 1. The lowest BCUT2D eigenvalue weighted by Crippen LogP contribution is -2.60. The van der Waals surface area contributed by atoms with E-state index in [1.165, 1.54) is 0 Å². The summed E-state index contributed by atoms with van der Waals surface area (Å²) in [6.45, 7) is 0. The molecule has 19 heavy (non-hydrogen) atoms.